The summed E-state index contributed by atoms with van der Waals surface area (Å²) in [4.78, 5) is 2.42. The van der Waals surface area contributed by atoms with Gasteiger partial charge in [-0.1, -0.05) is 24.6 Å². The molecule has 0 amide bonds. The standard InChI is InChI=1S/C20H26N2O4S2/c1-15-4-7-18(8-5-15)28(25,26)21-17-6-9-20(27(3,23)24)19(14-17)22-12-10-16(2)11-13-22/h4-9,14,16,21H,10-13H2,1-3H3. The zero-order chi connectivity index (χ0) is 20.5. The van der Waals surface area contributed by atoms with Gasteiger partial charge < -0.3 is 4.90 Å². The lowest BCUT2D eigenvalue weighted by atomic mass is 9.99. The number of anilines is 2. The molecule has 1 saturated heterocycles. The average Bonchev–Trinajstić information content (AvgIpc) is 2.61. The number of aryl methyl sites for hydroxylation is 1. The Labute approximate surface area is 167 Å². The van der Waals surface area contributed by atoms with Crippen molar-refractivity contribution in [1.82, 2.24) is 0 Å². The van der Waals surface area contributed by atoms with E-state index < -0.39 is 19.9 Å². The van der Waals surface area contributed by atoms with E-state index in [-0.39, 0.29) is 9.79 Å². The topological polar surface area (TPSA) is 83.5 Å². The third-order valence-corrected chi connectivity index (χ3v) is 7.61. The largest absolute Gasteiger partial charge is 0.370 e. The molecule has 2 aromatic rings. The minimum Gasteiger partial charge on any atom is -0.370 e. The van der Waals surface area contributed by atoms with Crippen LogP contribution in [0.4, 0.5) is 11.4 Å². The van der Waals surface area contributed by atoms with Gasteiger partial charge in [0.2, 0.25) is 0 Å². The van der Waals surface area contributed by atoms with Crippen LogP contribution in [0.25, 0.3) is 0 Å². The molecule has 0 bridgehead atoms. The summed E-state index contributed by atoms with van der Waals surface area (Å²) < 4.78 is 52.4. The van der Waals surface area contributed by atoms with Crippen LogP contribution in [0.3, 0.4) is 0 Å². The highest BCUT2D eigenvalue weighted by atomic mass is 32.2. The molecule has 1 aliphatic heterocycles. The molecule has 1 N–H and O–H groups in total. The third-order valence-electron chi connectivity index (χ3n) is 5.07. The molecule has 28 heavy (non-hydrogen) atoms. The van der Waals surface area contributed by atoms with Crippen LogP contribution in [-0.2, 0) is 19.9 Å². The fourth-order valence-electron chi connectivity index (χ4n) is 3.32. The first-order valence-electron chi connectivity index (χ1n) is 9.25. The van der Waals surface area contributed by atoms with Gasteiger partial charge in [0.25, 0.3) is 10.0 Å². The Morgan fingerprint density at radius 2 is 1.57 bits per heavy atom. The van der Waals surface area contributed by atoms with Gasteiger partial charge in [-0.25, -0.2) is 16.8 Å². The fourth-order valence-corrected chi connectivity index (χ4v) is 5.26. The minimum absolute atomic E-state index is 0.165. The van der Waals surface area contributed by atoms with Crippen molar-refractivity contribution in [2.75, 3.05) is 29.0 Å². The number of sulfonamides is 1. The highest BCUT2D eigenvalue weighted by Gasteiger charge is 2.23. The zero-order valence-corrected chi connectivity index (χ0v) is 18.0. The van der Waals surface area contributed by atoms with E-state index in [2.05, 4.69) is 11.6 Å². The van der Waals surface area contributed by atoms with Crippen LogP contribution < -0.4 is 9.62 Å². The monoisotopic (exact) mass is 422 g/mol. The molecule has 0 spiro atoms. The number of nitrogens with one attached hydrogen (secondary N) is 1. The molecule has 1 fully saturated rings. The van der Waals surface area contributed by atoms with E-state index in [1.165, 1.54) is 18.4 Å². The Bertz CT molecular complexity index is 1050. The van der Waals surface area contributed by atoms with E-state index in [4.69, 9.17) is 0 Å². The van der Waals surface area contributed by atoms with Crippen LogP contribution in [-0.4, -0.2) is 36.2 Å². The molecule has 1 heterocycles. The molecular weight excluding hydrogens is 396 g/mol. The number of nitrogens with zero attached hydrogens (tertiary/aromatic N) is 1. The summed E-state index contributed by atoms with van der Waals surface area (Å²) in [6.45, 7) is 5.57. The van der Waals surface area contributed by atoms with E-state index in [0.29, 0.717) is 17.3 Å². The summed E-state index contributed by atoms with van der Waals surface area (Å²) in [5.74, 6) is 0.598. The normalized spacial score (nSPS) is 16.2. The molecule has 0 radical (unpaired) electrons. The number of benzene rings is 2. The fraction of sp³-hybridized carbons (Fsp3) is 0.400. The second-order valence-corrected chi connectivity index (χ2v) is 11.2. The van der Waals surface area contributed by atoms with E-state index in [9.17, 15) is 16.8 Å². The van der Waals surface area contributed by atoms with Gasteiger partial charge >= 0.3 is 0 Å². The molecule has 0 unspecified atom stereocenters. The molecule has 3 rings (SSSR count). The smallest absolute Gasteiger partial charge is 0.261 e. The lowest BCUT2D eigenvalue weighted by Crippen LogP contribution is -2.33. The van der Waals surface area contributed by atoms with Gasteiger partial charge in [-0.3, -0.25) is 4.72 Å². The Morgan fingerprint density at radius 1 is 0.964 bits per heavy atom. The number of sulfone groups is 1. The van der Waals surface area contributed by atoms with Crippen molar-refractivity contribution in [1.29, 1.82) is 0 Å². The summed E-state index contributed by atoms with van der Waals surface area (Å²) in [6, 6.07) is 11.2. The van der Waals surface area contributed by atoms with Crippen molar-refractivity contribution < 1.29 is 16.8 Å². The first kappa shape index (κ1) is 20.7. The molecule has 1 aliphatic rings. The van der Waals surface area contributed by atoms with Crippen molar-refractivity contribution in [3.05, 3.63) is 48.0 Å². The van der Waals surface area contributed by atoms with Gasteiger partial charge in [-0.05, 0) is 56.0 Å². The number of piperidine rings is 1. The predicted octanol–water partition coefficient (Wildman–Crippen LogP) is 3.44. The van der Waals surface area contributed by atoms with Crippen LogP contribution in [0.5, 0.6) is 0 Å². The van der Waals surface area contributed by atoms with Crippen molar-refractivity contribution in [3.8, 4) is 0 Å². The molecule has 0 aromatic heterocycles. The average molecular weight is 423 g/mol. The summed E-state index contributed by atoms with van der Waals surface area (Å²) in [7, 11) is -7.19. The SMILES string of the molecule is Cc1ccc(S(=O)(=O)Nc2ccc(S(C)(=O)=O)c(N3CCC(C)CC3)c2)cc1. The second-order valence-electron chi connectivity index (χ2n) is 7.54. The zero-order valence-electron chi connectivity index (χ0n) is 16.3. The van der Waals surface area contributed by atoms with Crippen molar-refractivity contribution in [2.45, 2.75) is 36.5 Å². The lowest BCUT2D eigenvalue weighted by molar-refractivity contribution is 0.437. The Balaban J connectivity index is 1.96. The van der Waals surface area contributed by atoms with Gasteiger partial charge in [0.1, 0.15) is 0 Å². The van der Waals surface area contributed by atoms with Gasteiger partial charge in [0.15, 0.2) is 9.84 Å². The van der Waals surface area contributed by atoms with Crippen LogP contribution in [0, 0.1) is 12.8 Å². The first-order chi connectivity index (χ1) is 13.1. The predicted molar refractivity (Wildman–Crippen MR) is 112 cm³/mol. The minimum atomic E-state index is -3.75. The summed E-state index contributed by atoms with van der Waals surface area (Å²) in [5.41, 5.74) is 1.87. The number of hydrogen-bond donors (Lipinski definition) is 1. The van der Waals surface area contributed by atoms with E-state index in [1.54, 1.807) is 30.3 Å². The quantitative estimate of drug-likeness (QED) is 0.798. The lowest BCUT2D eigenvalue weighted by Gasteiger charge is -2.33. The number of hydrogen-bond acceptors (Lipinski definition) is 5. The van der Waals surface area contributed by atoms with E-state index >= 15 is 0 Å². The molecule has 8 heteroatoms. The Hall–Kier alpha value is -2.06. The molecule has 0 saturated carbocycles. The maximum atomic E-state index is 12.7. The summed E-state index contributed by atoms with van der Waals surface area (Å²) in [5, 5.41) is 0. The highest BCUT2D eigenvalue weighted by Crippen LogP contribution is 2.32. The van der Waals surface area contributed by atoms with Gasteiger partial charge in [0, 0.05) is 19.3 Å². The molecular formula is C20H26N2O4S2. The molecule has 0 atom stereocenters. The molecule has 2 aromatic carbocycles. The summed E-state index contributed by atoms with van der Waals surface area (Å²) >= 11 is 0. The van der Waals surface area contributed by atoms with Crippen LogP contribution in [0.1, 0.15) is 25.3 Å². The van der Waals surface area contributed by atoms with Crippen molar-refractivity contribution in [2.24, 2.45) is 5.92 Å². The van der Waals surface area contributed by atoms with Crippen molar-refractivity contribution >= 4 is 31.2 Å². The molecule has 152 valence electrons. The summed E-state index contributed by atoms with van der Waals surface area (Å²) in [6.07, 6.45) is 3.12. The van der Waals surface area contributed by atoms with Gasteiger partial charge in [0.05, 0.1) is 21.2 Å². The maximum absolute atomic E-state index is 12.7. The second kappa shape index (κ2) is 7.75. The molecule has 6 nitrogen and oxygen atoms in total. The van der Waals surface area contributed by atoms with Crippen molar-refractivity contribution in [3.63, 3.8) is 0 Å². The van der Waals surface area contributed by atoms with Gasteiger partial charge in [-0.15, -0.1) is 0 Å². The Kier molecular flexibility index (Phi) is 5.72. The first-order valence-corrected chi connectivity index (χ1v) is 12.6. The number of rotatable bonds is 5. The van der Waals surface area contributed by atoms with Gasteiger partial charge in [-0.2, -0.15) is 0 Å². The van der Waals surface area contributed by atoms with E-state index in [0.717, 1.165) is 31.5 Å². The van der Waals surface area contributed by atoms with E-state index in [1.807, 2.05) is 11.8 Å². The van der Waals surface area contributed by atoms with Crippen LogP contribution >= 0.6 is 0 Å². The highest BCUT2D eigenvalue weighted by molar-refractivity contribution is 7.92. The van der Waals surface area contributed by atoms with Crippen LogP contribution in [0.2, 0.25) is 0 Å². The third kappa shape index (κ3) is 4.67. The molecule has 0 aliphatic carbocycles. The maximum Gasteiger partial charge on any atom is 0.261 e. The Morgan fingerprint density at radius 3 is 2.14 bits per heavy atom. The van der Waals surface area contributed by atoms with Crippen LogP contribution in [0.15, 0.2) is 52.3 Å².